The number of hydrogen-bond acceptors (Lipinski definition) is 7. The number of thioether (sulfide) groups is 1. The molecule has 7 nitrogen and oxygen atoms in total. The van der Waals surface area contributed by atoms with Crippen LogP contribution in [0.3, 0.4) is 0 Å². The molecule has 140 valence electrons. The number of carbonyl (C=O) groups excluding carboxylic acids is 3. The van der Waals surface area contributed by atoms with Crippen LogP contribution in [-0.2, 0) is 14.3 Å². The van der Waals surface area contributed by atoms with Gasteiger partial charge in [0.05, 0.1) is 19.1 Å². The van der Waals surface area contributed by atoms with Gasteiger partial charge in [-0.1, -0.05) is 13.0 Å². The van der Waals surface area contributed by atoms with Gasteiger partial charge in [-0.05, 0) is 48.9 Å². The van der Waals surface area contributed by atoms with Gasteiger partial charge in [0.2, 0.25) is 0 Å². The Morgan fingerprint density at radius 3 is 2.62 bits per heavy atom. The molecule has 0 N–H and O–H groups in total. The van der Waals surface area contributed by atoms with E-state index >= 15 is 0 Å². The fourth-order valence-electron chi connectivity index (χ4n) is 2.28. The predicted molar refractivity (Wildman–Crippen MR) is 98.1 cm³/mol. The first-order chi connectivity index (χ1) is 12.4. The first-order valence-corrected chi connectivity index (χ1v) is 8.87. The topological polar surface area (TPSA) is 82.1 Å². The van der Waals surface area contributed by atoms with Crippen molar-refractivity contribution in [3.05, 3.63) is 28.7 Å². The van der Waals surface area contributed by atoms with Gasteiger partial charge < -0.3 is 14.2 Å². The van der Waals surface area contributed by atoms with E-state index in [4.69, 9.17) is 9.47 Å². The normalized spacial score (nSPS) is 16.8. The van der Waals surface area contributed by atoms with E-state index in [2.05, 4.69) is 4.74 Å². The number of methoxy groups -OCH3 is 2. The van der Waals surface area contributed by atoms with Crippen LogP contribution in [-0.4, -0.2) is 48.9 Å². The lowest BCUT2D eigenvalue weighted by Crippen LogP contribution is -2.36. The number of benzene rings is 1. The lowest BCUT2D eigenvalue weighted by atomic mass is 10.1. The average molecular weight is 379 g/mol. The molecule has 8 heteroatoms. The molecule has 0 radical (unpaired) electrons. The molecule has 1 aliphatic rings. The molecule has 0 aliphatic carbocycles. The zero-order valence-electron chi connectivity index (χ0n) is 15.1. The molecule has 1 aromatic carbocycles. The number of nitrogens with zero attached hydrogens (tertiary/aromatic N) is 1. The smallest absolute Gasteiger partial charge is 0.343 e. The molecule has 26 heavy (non-hydrogen) atoms. The van der Waals surface area contributed by atoms with Crippen LogP contribution in [0.1, 0.15) is 25.8 Å². The van der Waals surface area contributed by atoms with E-state index in [1.807, 2.05) is 13.8 Å². The molecule has 1 saturated heterocycles. The summed E-state index contributed by atoms with van der Waals surface area (Å²) in [6, 6.07) is 4.87. The van der Waals surface area contributed by atoms with Gasteiger partial charge in [0.15, 0.2) is 18.1 Å². The van der Waals surface area contributed by atoms with Crippen molar-refractivity contribution < 1.29 is 28.6 Å². The number of amides is 2. The van der Waals surface area contributed by atoms with Crippen LogP contribution in [0.25, 0.3) is 6.08 Å². The van der Waals surface area contributed by atoms with Crippen LogP contribution >= 0.6 is 11.8 Å². The van der Waals surface area contributed by atoms with E-state index in [0.717, 1.165) is 11.8 Å². The van der Waals surface area contributed by atoms with E-state index in [1.165, 1.54) is 19.1 Å². The average Bonchev–Trinajstić information content (AvgIpc) is 2.92. The second-order valence-corrected chi connectivity index (χ2v) is 6.58. The third-order valence-corrected chi connectivity index (χ3v) is 4.80. The predicted octanol–water partition coefficient (Wildman–Crippen LogP) is 3.08. The van der Waals surface area contributed by atoms with E-state index < -0.39 is 5.97 Å². The quantitative estimate of drug-likeness (QED) is 0.532. The van der Waals surface area contributed by atoms with Gasteiger partial charge in [0.1, 0.15) is 0 Å². The molecule has 1 unspecified atom stereocenters. The highest BCUT2D eigenvalue weighted by Gasteiger charge is 2.37. The highest BCUT2D eigenvalue weighted by molar-refractivity contribution is 8.18. The van der Waals surface area contributed by atoms with E-state index in [0.29, 0.717) is 28.4 Å². The van der Waals surface area contributed by atoms with E-state index in [9.17, 15) is 14.4 Å². The van der Waals surface area contributed by atoms with Crippen molar-refractivity contribution in [3.63, 3.8) is 0 Å². The first-order valence-electron chi connectivity index (χ1n) is 8.06. The Labute approximate surface area is 156 Å². The highest BCUT2D eigenvalue weighted by atomic mass is 32.2. The van der Waals surface area contributed by atoms with Crippen molar-refractivity contribution in [2.24, 2.45) is 0 Å². The van der Waals surface area contributed by atoms with Crippen LogP contribution < -0.4 is 9.47 Å². The summed E-state index contributed by atoms with van der Waals surface area (Å²) in [4.78, 5) is 37.4. The van der Waals surface area contributed by atoms with Crippen LogP contribution in [0, 0.1) is 0 Å². The molecule has 0 saturated carbocycles. The molecule has 1 aromatic rings. The summed E-state index contributed by atoms with van der Waals surface area (Å²) in [6.45, 7) is 3.53. The minimum Gasteiger partial charge on any atom is -0.493 e. The van der Waals surface area contributed by atoms with Gasteiger partial charge in [0.25, 0.3) is 11.1 Å². The monoisotopic (exact) mass is 379 g/mol. The van der Waals surface area contributed by atoms with Crippen molar-refractivity contribution in [3.8, 4) is 11.5 Å². The van der Waals surface area contributed by atoms with Gasteiger partial charge in [-0.2, -0.15) is 0 Å². The summed E-state index contributed by atoms with van der Waals surface area (Å²) < 4.78 is 15.1. The molecule has 2 rings (SSSR count). The Kier molecular flexibility index (Phi) is 6.68. The number of carbonyl (C=O) groups is 3. The fourth-order valence-corrected chi connectivity index (χ4v) is 3.21. The minimum absolute atomic E-state index is 0.142. The van der Waals surface area contributed by atoms with Gasteiger partial charge in [-0.25, -0.2) is 4.79 Å². The summed E-state index contributed by atoms with van der Waals surface area (Å²) in [6.07, 6.45) is 2.34. The molecule has 1 heterocycles. The lowest BCUT2D eigenvalue weighted by Gasteiger charge is -2.19. The van der Waals surface area contributed by atoms with E-state index in [1.54, 1.807) is 24.3 Å². The largest absolute Gasteiger partial charge is 0.493 e. The molecular formula is C18H21NO6S. The van der Waals surface area contributed by atoms with Crippen molar-refractivity contribution in [2.75, 3.05) is 20.8 Å². The summed E-state index contributed by atoms with van der Waals surface area (Å²) in [5.41, 5.74) is 0.682. The number of imide groups is 1. The second kappa shape index (κ2) is 8.75. The summed E-state index contributed by atoms with van der Waals surface area (Å²) in [7, 11) is 2.75. The Morgan fingerprint density at radius 2 is 2.00 bits per heavy atom. The zero-order valence-corrected chi connectivity index (χ0v) is 15.9. The Morgan fingerprint density at radius 1 is 1.27 bits per heavy atom. The SMILES string of the molecule is CCC(C)N1C(=O)SC(=Cc2ccc(OCC(=O)OC)c(OC)c2)C1=O. The molecule has 1 atom stereocenters. The second-order valence-electron chi connectivity index (χ2n) is 5.58. The maximum atomic E-state index is 12.5. The van der Waals surface area contributed by atoms with Crippen LogP contribution in [0.5, 0.6) is 11.5 Å². The van der Waals surface area contributed by atoms with Gasteiger partial charge in [-0.15, -0.1) is 0 Å². The van der Waals surface area contributed by atoms with Crippen molar-refractivity contribution in [2.45, 2.75) is 26.3 Å². The molecule has 2 amide bonds. The summed E-state index contributed by atoms with van der Waals surface area (Å²) >= 11 is 0.920. The first kappa shape index (κ1) is 19.8. The van der Waals surface area contributed by atoms with Crippen LogP contribution in [0.15, 0.2) is 23.1 Å². The molecule has 1 fully saturated rings. The highest BCUT2D eigenvalue weighted by Crippen LogP contribution is 2.35. The zero-order chi connectivity index (χ0) is 19.3. The van der Waals surface area contributed by atoms with Crippen molar-refractivity contribution in [1.82, 2.24) is 4.90 Å². The molecular weight excluding hydrogens is 358 g/mol. The maximum Gasteiger partial charge on any atom is 0.343 e. The molecule has 0 spiro atoms. The molecule has 0 bridgehead atoms. The molecule has 1 aliphatic heterocycles. The third kappa shape index (κ3) is 4.37. The number of esters is 1. The van der Waals surface area contributed by atoms with Crippen molar-refractivity contribution in [1.29, 1.82) is 0 Å². The van der Waals surface area contributed by atoms with Gasteiger partial charge >= 0.3 is 5.97 Å². The van der Waals surface area contributed by atoms with E-state index in [-0.39, 0.29) is 23.8 Å². The molecule has 0 aromatic heterocycles. The Bertz CT molecular complexity index is 745. The maximum absolute atomic E-state index is 12.5. The Hall–Kier alpha value is -2.48. The lowest BCUT2D eigenvalue weighted by molar-refractivity contribution is -0.143. The number of hydrogen-bond donors (Lipinski definition) is 0. The summed E-state index contributed by atoms with van der Waals surface area (Å²) in [5.74, 6) is -0.0132. The number of ether oxygens (including phenoxy) is 3. The van der Waals surface area contributed by atoms with Gasteiger partial charge in [0, 0.05) is 6.04 Å². The summed E-state index contributed by atoms with van der Waals surface area (Å²) in [5, 5.41) is -0.263. The van der Waals surface area contributed by atoms with Crippen molar-refractivity contribution >= 4 is 35.0 Å². The number of rotatable bonds is 7. The third-order valence-electron chi connectivity index (χ3n) is 3.91. The standard InChI is InChI=1S/C18H21NO6S/c1-5-11(2)19-17(21)15(26-18(19)22)9-12-6-7-13(14(8-12)23-3)25-10-16(20)24-4/h6-9,11H,5,10H2,1-4H3. The fraction of sp³-hybridized carbons (Fsp3) is 0.389. The minimum atomic E-state index is -0.505. The van der Waals surface area contributed by atoms with Gasteiger partial charge in [-0.3, -0.25) is 14.5 Å². The Balaban J connectivity index is 2.21. The van der Waals surface area contributed by atoms with Crippen LogP contribution in [0.2, 0.25) is 0 Å². The van der Waals surface area contributed by atoms with Crippen LogP contribution in [0.4, 0.5) is 4.79 Å².